The van der Waals surface area contributed by atoms with Crippen LogP contribution in [0.5, 0.6) is 0 Å². The molecule has 1 aliphatic carbocycles. The maximum Gasteiger partial charge on any atom is 0.236 e. The van der Waals surface area contributed by atoms with Crippen molar-refractivity contribution >= 4 is 5.91 Å². The van der Waals surface area contributed by atoms with Gasteiger partial charge in [-0.1, -0.05) is 20.8 Å². The van der Waals surface area contributed by atoms with Crippen molar-refractivity contribution in [2.24, 2.45) is 11.8 Å². The first kappa shape index (κ1) is 17.7. The molecule has 22 heavy (non-hydrogen) atoms. The molecule has 4 nitrogen and oxygen atoms in total. The molecule has 1 amide bonds. The molecule has 128 valence electrons. The van der Waals surface area contributed by atoms with Crippen molar-refractivity contribution in [3.05, 3.63) is 0 Å². The third-order valence-electron chi connectivity index (χ3n) is 5.37. The fourth-order valence-electron chi connectivity index (χ4n) is 3.78. The molecule has 4 heteroatoms. The molecule has 2 rings (SSSR count). The number of hydrogen-bond donors (Lipinski definition) is 0. The van der Waals surface area contributed by atoms with Crippen LogP contribution >= 0.6 is 0 Å². The number of likely N-dealkylation sites (N-methyl/N-ethyl adjacent to an activating group) is 1. The van der Waals surface area contributed by atoms with Gasteiger partial charge in [0.05, 0.1) is 6.54 Å². The van der Waals surface area contributed by atoms with Gasteiger partial charge in [-0.25, -0.2) is 0 Å². The van der Waals surface area contributed by atoms with E-state index in [1.807, 2.05) is 11.9 Å². The molecule has 1 heterocycles. The van der Waals surface area contributed by atoms with E-state index >= 15 is 0 Å². The highest BCUT2D eigenvalue weighted by Crippen LogP contribution is 2.26. The summed E-state index contributed by atoms with van der Waals surface area (Å²) in [5.74, 6) is 1.89. The molecule has 1 aliphatic heterocycles. The Morgan fingerprint density at radius 2 is 1.59 bits per heavy atom. The van der Waals surface area contributed by atoms with Crippen LogP contribution in [-0.4, -0.2) is 73.0 Å². The summed E-state index contributed by atoms with van der Waals surface area (Å²) in [6.07, 6.45) is 4.92. The maximum absolute atomic E-state index is 12.5. The average Bonchev–Trinajstić information content (AvgIpc) is 2.49. The molecule has 0 aromatic carbocycles. The molecule has 0 N–H and O–H groups in total. The predicted octanol–water partition coefficient (Wildman–Crippen LogP) is 2.30. The van der Waals surface area contributed by atoms with Gasteiger partial charge in [-0.2, -0.15) is 0 Å². The van der Waals surface area contributed by atoms with Crippen molar-refractivity contribution in [3.8, 4) is 0 Å². The molecule has 0 aromatic heterocycles. The third kappa shape index (κ3) is 5.24. The van der Waals surface area contributed by atoms with Crippen molar-refractivity contribution in [2.45, 2.75) is 52.5 Å². The molecule has 0 unspecified atom stereocenters. The zero-order valence-corrected chi connectivity index (χ0v) is 15.1. The average molecular weight is 309 g/mol. The molecule has 2 aliphatic rings. The molecule has 0 spiro atoms. The van der Waals surface area contributed by atoms with Crippen LogP contribution in [0.1, 0.15) is 46.5 Å². The van der Waals surface area contributed by atoms with Crippen molar-refractivity contribution in [1.29, 1.82) is 0 Å². The lowest BCUT2D eigenvalue weighted by atomic mass is 9.87. The molecule has 0 radical (unpaired) electrons. The minimum atomic E-state index is 0.317. The normalized spacial score (nSPS) is 28.0. The molecule has 1 saturated heterocycles. The largest absolute Gasteiger partial charge is 0.342 e. The van der Waals surface area contributed by atoms with E-state index in [9.17, 15) is 4.79 Å². The molecule has 2 fully saturated rings. The van der Waals surface area contributed by atoms with Gasteiger partial charge in [0.15, 0.2) is 0 Å². The highest BCUT2D eigenvalue weighted by molar-refractivity contribution is 5.78. The van der Waals surface area contributed by atoms with Crippen molar-refractivity contribution in [2.75, 3.05) is 46.3 Å². The van der Waals surface area contributed by atoms with Crippen LogP contribution in [0, 0.1) is 11.8 Å². The van der Waals surface area contributed by atoms with Gasteiger partial charge < -0.3 is 9.80 Å². The smallest absolute Gasteiger partial charge is 0.236 e. The quantitative estimate of drug-likeness (QED) is 0.780. The van der Waals surface area contributed by atoms with Gasteiger partial charge in [0.1, 0.15) is 0 Å². The highest BCUT2D eigenvalue weighted by atomic mass is 16.2. The van der Waals surface area contributed by atoms with E-state index in [0.29, 0.717) is 18.5 Å². The van der Waals surface area contributed by atoms with Crippen LogP contribution in [0.3, 0.4) is 0 Å². The van der Waals surface area contributed by atoms with Gasteiger partial charge in [0.25, 0.3) is 0 Å². The number of amides is 1. The predicted molar refractivity (Wildman–Crippen MR) is 91.9 cm³/mol. The van der Waals surface area contributed by atoms with Crippen LogP contribution in [0.15, 0.2) is 0 Å². The summed E-state index contributed by atoms with van der Waals surface area (Å²) in [5, 5.41) is 0. The Bertz CT molecular complexity index is 342. The Kier molecular flexibility index (Phi) is 6.69. The first-order chi connectivity index (χ1) is 10.5. The third-order valence-corrected chi connectivity index (χ3v) is 5.37. The Hall–Kier alpha value is -0.610. The van der Waals surface area contributed by atoms with E-state index in [2.05, 4.69) is 30.6 Å². The Labute approximate surface area is 136 Å². The number of nitrogens with zero attached hydrogens (tertiary/aromatic N) is 3. The van der Waals surface area contributed by atoms with Gasteiger partial charge in [0.2, 0.25) is 5.91 Å². The molecular formula is C18H35N3O. The van der Waals surface area contributed by atoms with Crippen molar-refractivity contribution < 1.29 is 4.79 Å². The zero-order valence-electron chi connectivity index (χ0n) is 15.1. The fraction of sp³-hybridized carbons (Fsp3) is 0.944. The maximum atomic E-state index is 12.5. The van der Waals surface area contributed by atoms with E-state index in [0.717, 1.165) is 38.0 Å². The SMILES string of the molecule is CC(C)CN1CCN(CC(=O)N(C)C2CCC(C)CC2)CC1. The van der Waals surface area contributed by atoms with Crippen LogP contribution in [0.2, 0.25) is 0 Å². The number of carbonyl (C=O) groups is 1. The lowest BCUT2D eigenvalue weighted by Crippen LogP contribution is -2.51. The molecule has 1 saturated carbocycles. The zero-order chi connectivity index (χ0) is 16.1. The van der Waals surface area contributed by atoms with E-state index in [1.165, 1.54) is 32.2 Å². The van der Waals surface area contributed by atoms with Gasteiger partial charge >= 0.3 is 0 Å². The van der Waals surface area contributed by atoms with Gasteiger partial charge in [-0.05, 0) is 37.5 Å². The van der Waals surface area contributed by atoms with Crippen LogP contribution in [0.4, 0.5) is 0 Å². The summed E-state index contributed by atoms with van der Waals surface area (Å²) in [7, 11) is 2.01. The monoisotopic (exact) mass is 309 g/mol. The summed E-state index contributed by atoms with van der Waals surface area (Å²) in [6.45, 7) is 13.0. The standard InChI is InChI=1S/C18H35N3O/c1-15(2)13-20-9-11-21(12-10-20)14-18(22)19(4)17-7-5-16(3)6-8-17/h15-17H,5-14H2,1-4H3. The first-order valence-electron chi connectivity index (χ1n) is 9.16. The topological polar surface area (TPSA) is 26.8 Å². The fourth-order valence-corrected chi connectivity index (χ4v) is 3.78. The lowest BCUT2D eigenvalue weighted by molar-refractivity contribution is -0.134. The Balaban J connectivity index is 1.71. The number of rotatable bonds is 5. The number of carbonyl (C=O) groups excluding carboxylic acids is 1. The van der Waals surface area contributed by atoms with Gasteiger partial charge in [0, 0.05) is 45.8 Å². The minimum Gasteiger partial charge on any atom is -0.342 e. The number of hydrogen-bond acceptors (Lipinski definition) is 3. The van der Waals surface area contributed by atoms with Gasteiger partial charge in [-0.3, -0.25) is 9.69 Å². The first-order valence-corrected chi connectivity index (χ1v) is 9.16. The van der Waals surface area contributed by atoms with E-state index < -0.39 is 0 Å². The second-order valence-electron chi connectivity index (χ2n) is 7.89. The van der Waals surface area contributed by atoms with Crippen LogP contribution < -0.4 is 0 Å². The van der Waals surface area contributed by atoms with Crippen LogP contribution in [0.25, 0.3) is 0 Å². The summed E-state index contributed by atoms with van der Waals surface area (Å²) in [4.78, 5) is 19.4. The van der Waals surface area contributed by atoms with E-state index in [4.69, 9.17) is 0 Å². The number of piperazine rings is 1. The summed E-state index contributed by atoms with van der Waals surface area (Å²) >= 11 is 0. The molecule has 0 aromatic rings. The van der Waals surface area contributed by atoms with Crippen molar-refractivity contribution in [3.63, 3.8) is 0 Å². The summed E-state index contributed by atoms with van der Waals surface area (Å²) in [5.41, 5.74) is 0. The molecule has 0 atom stereocenters. The molecule has 0 bridgehead atoms. The summed E-state index contributed by atoms with van der Waals surface area (Å²) < 4.78 is 0. The minimum absolute atomic E-state index is 0.317. The lowest BCUT2D eigenvalue weighted by Gasteiger charge is -2.38. The van der Waals surface area contributed by atoms with E-state index in [1.54, 1.807) is 0 Å². The summed E-state index contributed by atoms with van der Waals surface area (Å²) in [6, 6.07) is 0.478. The second-order valence-corrected chi connectivity index (χ2v) is 7.89. The Morgan fingerprint density at radius 1 is 1.05 bits per heavy atom. The highest BCUT2D eigenvalue weighted by Gasteiger charge is 2.26. The molecular weight excluding hydrogens is 274 g/mol. The second kappa shape index (κ2) is 8.30. The Morgan fingerprint density at radius 3 is 2.14 bits per heavy atom. The van der Waals surface area contributed by atoms with E-state index in [-0.39, 0.29) is 0 Å². The van der Waals surface area contributed by atoms with Crippen LogP contribution in [-0.2, 0) is 4.79 Å². The van der Waals surface area contributed by atoms with Gasteiger partial charge in [-0.15, -0.1) is 0 Å². The van der Waals surface area contributed by atoms with Crippen molar-refractivity contribution in [1.82, 2.24) is 14.7 Å².